The molecule has 1 aliphatic carbocycles. The van der Waals surface area contributed by atoms with Crippen LogP contribution in [0.5, 0.6) is 0 Å². The summed E-state index contributed by atoms with van der Waals surface area (Å²) in [7, 11) is 3.24. The standard InChI is InChI=1S/C5H7O/c1-6-5-3-2-4-5/h3H,1-2,4H2. The van der Waals surface area contributed by atoms with Crippen LogP contribution in [0.15, 0.2) is 11.8 Å². The summed E-state index contributed by atoms with van der Waals surface area (Å²) in [6.45, 7) is 0. The quantitative estimate of drug-likeness (QED) is 0.466. The summed E-state index contributed by atoms with van der Waals surface area (Å²) in [5, 5.41) is 0. The van der Waals surface area contributed by atoms with Crippen LogP contribution in [-0.4, -0.2) is 0 Å². The van der Waals surface area contributed by atoms with Crippen LogP contribution in [0.3, 0.4) is 0 Å². The maximum Gasteiger partial charge on any atom is 0.122 e. The van der Waals surface area contributed by atoms with E-state index in [1.165, 1.54) is 6.42 Å². The summed E-state index contributed by atoms with van der Waals surface area (Å²) >= 11 is 0. The van der Waals surface area contributed by atoms with Gasteiger partial charge in [-0.25, -0.2) is 0 Å². The molecule has 0 spiro atoms. The summed E-state index contributed by atoms with van der Waals surface area (Å²) in [6, 6.07) is 0. The largest absolute Gasteiger partial charge is 0.495 e. The van der Waals surface area contributed by atoms with Crippen molar-refractivity contribution in [2.75, 3.05) is 0 Å². The van der Waals surface area contributed by atoms with Gasteiger partial charge in [-0.15, -0.1) is 0 Å². The summed E-state index contributed by atoms with van der Waals surface area (Å²) in [5.41, 5.74) is 0. The zero-order valence-electron chi connectivity index (χ0n) is 3.61. The average Bonchev–Trinajstić information content (AvgIpc) is 1.31. The van der Waals surface area contributed by atoms with Gasteiger partial charge in [0, 0.05) is 6.42 Å². The second-order valence-corrected chi connectivity index (χ2v) is 1.35. The zero-order valence-corrected chi connectivity index (χ0v) is 3.61. The van der Waals surface area contributed by atoms with Crippen LogP contribution in [0.1, 0.15) is 12.8 Å². The van der Waals surface area contributed by atoms with E-state index in [0.717, 1.165) is 12.2 Å². The van der Waals surface area contributed by atoms with Gasteiger partial charge in [0.05, 0.1) is 5.76 Å². The second-order valence-electron chi connectivity index (χ2n) is 1.35. The van der Waals surface area contributed by atoms with E-state index in [2.05, 4.69) is 11.8 Å². The molecule has 0 amide bonds. The molecule has 1 nitrogen and oxygen atoms in total. The van der Waals surface area contributed by atoms with Gasteiger partial charge in [0.15, 0.2) is 0 Å². The number of ether oxygens (including phenoxy) is 1. The van der Waals surface area contributed by atoms with Crippen LogP contribution in [0.4, 0.5) is 0 Å². The first-order chi connectivity index (χ1) is 2.93. The van der Waals surface area contributed by atoms with E-state index in [-0.39, 0.29) is 0 Å². The Morgan fingerprint density at radius 2 is 2.50 bits per heavy atom. The lowest BCUT2D eigenvalue weighted by Crippen LogP contribution is -1.92. The molecule has 1 heteroatoms. The third-order valence-electron chi connectivity index (χ3n) is 0.948. The Balaban J connectivity index is 2.32. The van der Waals surface area contributed by atoms with Gasteiger partial charge in [0.1, 0.15) is 7.11 Å². The van der Waals surface area contributed by atoms with Crippen LogP contribution in [0.2, 0.25) is 0 Å². The number of hydrogen-bond acceptors (Lipinski definition) is 1. The monoisotopic (exact) mass is 83.0 g/mol. The molecule has 0 saturated carbocycles. The Labute approximate surface area is 37.6 Å². The third-order valence-corrected chi connectivity index (χ3v) is 0.948. The molecule has 0 atom stereocenters. The van der Waals surface area contributed by atoms with Crippen molar-refractivity contribution in [3.63, 3.8) is 0 Å². The van der Waals surface area contributed by atoms with Crippen molar-refractivity contribution in [2.24, 2.45) is 0 Å². The van der Waals surface area contributed by atoms with Crippen molar-refractivity contribution >= 4 is 0 Å². The predicted molar refractivity (Wildman–Crippen MR) is 23.8 cm³/mol. The Kier molecular flexibility index (Phi) is 0.825. The van der Waals surface area contributed by atoms with Crippen LogP contribution in [0, 0.1) is 7.11 Å². The first kappa shape index (κ1) is 3.72. The number of allylic oxidation sites excluding steroid dienone is 2. The first-order valence-corrected chi connectivity index (χ1v) is 2.04. The molecular formula is C5H7O. The molecule has 0 bridgehead atoms. The SMILES string of the molecule is [CH2]OC1=CCC1. The highest BCUT2D eigenvalue weighted by Crippen LogP contribution is 2.17. The second kappa shape index (κ2) is 1.33. The van der Waals surface area contributed by atoms with Crippen LogP contribution >= 0.6 is 0 Å². The number of hydrogen-bond donors (Lipinski definition) is 0. The molecule has 0 saturated heterocycles. The molecule has 0 N–H and O–H groups in total. The van der Waals surface area contributed by atoms with Gasteiger partial charge < -0.3 is 4.74 Å². The van der Waals surface area contributed by atoms with Gasteiger partial charge in [-0.3, -0.25) is 0 Å². The molecule has 6 heavy (non-hydrogen) atoms. The highest BCUT2D eigenvalue weighted by molar-refractivity contribution is 5.03. The summed E-state index contributed by atoms with van der Waals surface area (Å²) < 4.78 is 4.60. The van der Waals surface area contributed by atoms with E-state index in [1.54, 1.807) is 0 Å². The fraction of sp³-hybridized carbons (Fsp3) is 0.400. The molecule has 0 fully saturated rings. The molecule has 0 aromatic carbocycles. The Hall–Kier alpha value is -0.460. The molecule has 0 aromatic heterocycles. The Morgan fingerprint density at radius 1 is 1.83 bits per heavy atom. The maximum atomic E-state index is 4.60. The van der Waals surface area contributed by atoms with Gasteiger partial charge >= 0.3 is 0 Å². The minimum atomic E-state index is 1.04. The van der Waals surface area contributed by atoms with Crippen LogP contribution in [0.25, 0.3) is 0 Å². The molecule has 0 heterocycles. The molecule has 33 valence electrons. The highest BCUT2D eigenvalue weighted by atomic mass is 16.5. The van der Waals surface area contributed by atoms with E-state index in [0.29, 0.717) is 0 Å². The molecule has 0 unspecified atom stereocenters. The van der Waals surface area contributed by atoms with Gasteiger partial charge in [-0.2, -0.15) is 0 Å². The first-order valence-electron chi connectivity index (χ1n) is 2.04. The van der Waals surface area contributed by atoms with E-state index >= 15 is 0 Å². The van der Waals surface area contributed by atoms with Gasteiger partial charge in [-0.05, 0) is 12.5 Å². The Morgan fingerprint density at radius 3 is 2.50 bits per heavy atom. The van der Waals surface area contributed by atoms with Crippen molar-refractivity contribution in [1.29, 1.82) is 0 Å². The minimum absolute atomic E-state index is 1.04. The van der Waals surface area contributed by atoms with Crippen LogP contribution < -0.4 is 0 Å². The van der Waals surface area contributed by atoms with Crippen LogP contribution in [-0.2, 0) is 4.74 Å². The lowest BCUT2D eigenvalue weighted by atomic mass is 10.1. The summed E-state index contributed by atoms with van der Waals surface area (Å²) in [4.78, 5) is 0. The topological polar surface area (TPSA) is 9.23 Å². The molecule has 0 aromatic rings. The van der Waals surface area contributed by atoms with Gasteiger partial charge in [0.2, 0.25) is 0 Å². The van der Waals surface area contributed by atoms with Crippen molar-refractivity contribution in [3.8, 4) is 0 Å². The molecule has 1 radical (unpaired) electrons. The van der Waals surface area contributed by atoms with E-state index in [1.807, 2.05) is 6.08 Å². The normalized spacial score (nSPS) is 18.5. The van der Waals surface area contributed by atoms with Crippen molar-refractivity contribution in [3.05, 3.63) is 18.9 Å². The Bertz CT molecular complexity index is 74.0. The summed E-state index contributed by atoms with van der Waals surface area (Å²) in [6.07, 6.45) is 4.29. The van der Waals surface area contributed by atoms with E-state index in [4.69, 9.17) is 0 Å². The van der Waals surface area contributed by atoms with Gasteiger partial charge in [-0.1, -0.05) is 0 Å². The van der Waals surface area contributed by atoms with E-state index in [9.17, 15) is 0 Å². The smallest absolute Gasteiger partial charge is 0.122 e. The lowest BCUT2D eigenvalue weighted by molar-refractivity contribution is 0.306. The fourth-order valence-electron chi connectivity index (χ4n) is 0.393. The molecule has 1 aliphatic rings. The third kappa shape index (κ3) is 0.402. The summed E-state index contributed by atoms with van der Waals surface area (Å²) in [5.74, 6) is 1.04. The predicted octanol–water partition coefficient (Wildman–Crippen LogP) is 1.47. The average molecular weight is 83.1 g/mol. The fourth-order valence-corrected chi connectivity index (χ4v) is 0.393. The molecule has 0 aliphatic heterocycles. The zero-order chi connectivity index (χ0) is 4.41. The van der Waals surface area contributed by atoms with E-state index < -0.39 is 0 Å². The van der Waals surface area contributed by atoms with Crippen molar-refractivity contribution in [2.45, 2.75) is 12.8 Å². The maximum absolute atomic E-state index is 4.60. The highest BCUT2D eigenvalue weighted by Gasteiger charge is 2.02. The van der Waals surface area contributed by atoms with Crippen molar-refractivity contribution in [1.82, 2.24) is 0 Å². The molecule has 1 rings (SSSR count). The van der Waals surface area contributed by atoms with Crippen molar-refractivity contribution < 1.29 is 4.74 Å². The number of rotatable bonds is 1. The lowest BCUT2D eigenvalue weighted by Gasteiger charge is -2.10. The molecular weight excluding hydrogens is 76.1 g/mol. The van der Waals surface area contributed by atoms with Gasteiger partial charge in [0.25, 0.3) is 0 Å². The minimum Gasteiger partial charge on any atom is -0.495 e.